The van der Waals surface area contributed by atoms with Gasteiger partial charge in [-0.2, -0.15) is 0 Å². The normalized spacial score (nSPS) is 19.3. The molecule has 2 N–H and O–H groups in total. The number of ether oxygens (including phenoxy) is 2. The van der Waals surface area contributed by atoms with E-state index in [0.717, 1.165) is 54.6 Å². The van der Waals surface area contributed by atoms with E-state index in [9.17, 15) is 0 Å². The highest BCUT2D eigenvalue weighted by Gasteiger charge is 2.44. The number of nitrogens with two attached hydrogens (primary N) is 1. The molecule has 4 heteroatoms. The van der Waals surface area contributed by atoms with Crippen LogP contribution in [0.4, 0.5) is 0 Å². The second-order valence-corrected chi connectivity index (χ2v) is 6.31. The van der Waals surface area contributed by atoms with Crippen LogP contribution in [0.25, 0.3) is 0 Å². The van der Waals surface area contributed by atoms with Crippen molar-refractivity contribution in [2.75, 3.05) is 6.54 Å². The fourth-order valence-corrected chi connectivity index (χ4v) is 3.45. The number of halogens is 1. The minimum Gasteiger partial charge on any atom is -0.448 e. The molecule has 0 unspecified atom stereocenters. The van der Waals surface area contributed by atoms with Crippen molar-refractivity contribution in [3.05, 3.63) is 22.2 Å². The predicted octanol–water partition coefficient (Wildman–Crippen LogP) is 3.77. The van der Waals surface area contributed by atoms with Crippen LogP contribution in [-0.2, 0) is 6.42 Å². The minimum absolute atomic E-state index is 0.363. The summed E-state index contributed by atoms with van der Waals surface area (Å²) >= 11 is 3.63. The molecule has 3 rings (SSSR count). The molecule has 3 nitrogen and oxygen atoms in total. The smallest absolute Gasteiger partial charge is 0.251 e. The average molecular weight is 326 g/mol. The van der Waals surface area contributed by atoms with E-state index in [1.165, 1.54) is 18.4 Å². The van der Waals surface area contributed by atoms with Crippen LogP contribution in [-0.4, -0.2) is 12.3 Å². The van der Waals surface area contributed by atoms with Gasteiger partial charge in [-0.3, -0.25) is 0 Å². The maximum Gasteiger partial charge on any atom is 0.251 e. The minimum atomic E-state index is -0.363. The zero-order valence-electron chi connectivity index (χ0n) is 11.1. The summed E-state index contributed by atoms with van der Waals surface area (Å²) in [5.41, 5.74) is 6.83. The number of benzene rings is 1. The number of hydrogen-bond donors (Lipinski definition) is 1. The molecule has 2 aliphatic rings. The zero-order chi connectivity index (χ0) is 13.3. The molecule has 1 aromatic carbocycles. The van der Waals surface area contributed by atoms with Gasteiger partial charge in [-0.05, 0) is 56.3 Å². The molecule has 1 aromatic rings. The van der Waals surface area contributed by atoms with E-state index in [0.29, 0.717) is 0 Å². The number of rotatable bonds is 4. The van der Waals surface area contributed by atoms with Gasteiger partial charge >= 0.3 is 0 Å². The van der Waals surface area contributed by atoms with Crippen LogP contribution in [0, 0.1) is 0 Å². The molecule has 1 aliphatic carbocycles. The van der Waals surface area contributed by atoms with Gasteiger partial charge in [0.1, 0.15) is 0 Å². The number of unbranched alkanes of at least 4 members (excludes halogenated alkanes) is 1. The molecule has 0 aromatic heterocycles. The van der Waals surface area contributed by atoms with Crippen LogP contribution >= 0.6 is 15.9 Å². The average Bonchev–Trinajstić information content (AvgIpc) is 2.97. The molecule has 0 bridgehead atoms. The van der Waals surface area contributed by atoms with Crippen molar-refractivity contribution in [2.24, 2.45) is 5.73 Å². The summed E-state index contributed by atoms with van der Waals surface area (Å²) in [7, 11) is 0. The second kappa shape index (κ2) is 5.33. The molecule has 19 heavy (non-hydrogen) atoms. The van der Waals surface area contributed by atoms with Gasteiger partial charge in [0.15, 0.2) is 11.5 Å². The Labute approximate surface area is 122 Å². The van der Waals surface area contributed by atoms with E-state index >= 15 is 0 Å². The molecule has 1 aliphatic heterocycles. The Bertz CT molecular complexity index is 469. The highest BCUT2D eigenvalue weighted by Crippen LogP contribution is 2.48. The fourth-order valence-electron chi connectivity index (χ4n) is 2.93. The number of fused-ring (bicyclic) bond motifs is 1. The lowest BCUT2D eigenvalue weighted by Crippen LogP contribution is -2.34. The first-order chi connectivity index (χ1) is 9.22. The molecule has 0 amide bonds. The number of aryl methyl sites for hydroxylation is 1. The van der Waals surface area contributed by atoms with Gasteiger partial charge in [-0.15, -0.1) is 0 Å². The van der Waals surface area contributed by atoms with Crippen molar-refractivity contribution in [3.8, 4) is 11.5 Å². The fraction of sp³-hybridized carbons (Fsp3) is 0.600. The molecular weight excluding hydrogens is 306 g/mol. The zero-order valence-corrected chi connectivity index (χ0v) is 12.7. The Morgan fingerprint density at radius 3 is 2.47 bits per heavy atom. The van der Waals surface area contributed by atoms with Gasteiger partial charge in [0.2, 0.25) is 0 Å². The van der Waals surface area contributed by atoms with Gasteiger partial charge in [0, 0.05) is 17.3 Å². The van der Waals surface area contributed by atoms with Crippen LogP contribution in [0.5, 0.6) is 11.5 Å². The summed E-state index contributed by atoms with van der Waals surface area (Å²) in [4.78, 5) is 0. The van der Waals surface area contributed by atoms with E-state index in [1.54, 1.807) is 0 Å². The van der Waals surface area contributed by atoms with E-state index in [2.05, 4.69) is 28.1 Å². The Balaban J connectivity index is 1.77. The molecular formula is C15H20BrNO2. The molecule has 0 radical (unpaired) electrons. The highest BCUT2D eigenvalue weighted by atomic mass is 79.9. The van der Waals surface area contributed by atoms with Crippen molar-refractivity contribution in [2.45, 2.75) is 50.7 Å². The van der Waals surface area contributed by atoms with Crippen molar-refractivity contribution in [1.29, 1.82) is 0 Å². The van der Waals surface area contributed by atoms with E-state index in [4.69, 9.17) is 15.2 Å². The third-order valence-electron chi connectivity index (χ3n) is 3.97. The third-order valence-corrected chi connectivity index (χ3v) is 4.71. The lowest BCUT2D eigenvalue weighted by molar-refractivity contribution is -0.0716. The Kier molecular flexibility index (Phi) is 3.72. The van der Waals surface area contributed by atoms with Gasteiger partial charge in [0.05, 0.1) is 0 Å². The summed E-state index contributed by atoms with van der Waals surface area (Å²) in [5, 5.41) is 0. The van der Waals surface area contributed by atoms with Crippen LogP contribution in [0.2, 0.25) is 0 Å². The molecule has 1 fully saturated rings. The molecule has 1 heterocycles. The monoisotopic (exact) mass is 325 g/mol. The third kappa shape index (κ3) is 2.61. The molecule has 0 atom stereocenters. The Morgan fingerprint density at radius 1 is 1.11 bits per heavy atom. The lowest BCUT2D eigenvalue weighted by atomic mass is 10.1. The second-order valence-electron chi connectivity index (χ2n) is 5.46. The molecule has 1 saturated carbocycles. The number of hydrogen-bond acceptors (Lipinski definition) is 3. The summed E-state index contributed by atoms with van der Waals surface area (Å²) < 4.78 is 13.2. The van der Waals surface area contributed by atoms with Gasteiger partial charge in [-0.25, -0.2) is 0 Å². The van der Waals surface area contributed by atoms with E-state index in [-0.39, 0.29) is 5.79 Å². The summed E-state index contributed by atoms with van der Waals surface area (Å²) in [5.74, 6) is 1.43. The van der Waals surface area contributed by atoms with Crippen LogP contribution < -0.4 is 15.2 Å². The Hall–Kier alpha value is -0.740. The van der Waals surface area contributed by atoms with Gasteiger partial charge in [-0.1, -0.05) is 15.9 Å². The van der Waals surface area contributed by atoms with Crippen molar-refractivity contribution < 1.29 is 9.47 Å². The summed E-state index contributed by atoms with van der Waals surface area (Å²) in [6.45, 7) is 0.755. The quantitative estimate of drug-likeness (QED) is 0.857. The lowest BCUT2D eigenvalue weighted by Gasteiger charge is -2.21. The predicted molar refractivity (Wildman–Crippen MR) is 78.6 cm³/mol. The van der Waals surface area contributed by atoms with Crippen LogP contribution in [0.1, 0.15) is 44.1 Å². The highest BCUT2D eigenvalue weighted by molar-refractivity contribution is 9.10. The first kappa shape index (κ1) is 13.3. The SMILES string of the molecule is NCCCCc1cc2c(cc1Br)OC1(CCCC1)O2. The van der Waals surface area contributed by atoms with Crippen molar-refractivity contribution in [1.82, 2.24) is 0 Å². The maximum atomic E-state index is 6.09. The molecule has 104 valence electrons. The van der Waals surface area contributed by atoms with E-state index < -0.39 is 0 Å². The van der Waals surface area contributed by atoms with Crippen LogP contribution in [0.15, 0.2) is 16.6 Å². The largest absolute Gasteiger partial charge is 0.448 e. The van der Waals surface area contributed by atoms with Gasteiger partial charge in [0.25, 0.3) is 5.79 Å². The maximum absolute atomic E-state index is 6.09. The first-order valence-electron chi connectivity index (χ1n) is 7.13. The van der Waals surface area contributed by atoms with Crippen LogP contribution in [0.3, 0.4) is 0 Å². The summed E-state index contributed by atoms with van der Waals surface area (Å²) in [6.07, 6.45) is 7.59. The van der Waals surface area contributed by atoms with Crippen molar-refractivity contribution in [3.63, 3.8) is 0 Å². The first-order valence-corrected chi connectivity index (χ1v) is 7.92. The Morgan fingerprint density at radius 2 is 1.79 bits per heavy atom. The topological polar surface area (TPSA) is 44.5 Å². The molecule has 1 spiro atoms. The van der Waals surface area contributed by atoms with E-state index in [1.807, 2.05) is 0 Å². The van der Waals surface area contributed by atoms with Gasteiger partial charge < -0.3 is 15.2 Å². The summed E-state index contributed by atoms with van der Waals surface area (Å²) in [6, 6.07) is 4.18. The standard InChI is InChI=1S/C15H20BrNO2/c16-12-10-14-13(9-11(12)5-1-4-8-17)18-15(19-14)6-2-3-7-15/h9-10H,1-8,17H2. The molecule has 0 saturated heterocycles. The van der Waals surface area contributed by atoms with Crippen molar-refractivity contribution >= 4 is 15.9 Å².